The number of carbonyl (C=O) groups excluding carboxylic acids is 2. The second kappa shape index (κ2) is 6.78. The molecule has 0 unspecified atom stereocenters. The third kappa shape index (κ3) is 4.07. The Morgan fingerprint density at radius 2 is 1.96 bits per heavy atom. The normalized spacial score (nSPS) is 11.8. The maximum atomic E-state index is 13.7. The Hall–Kier alpha value is -2.41. The molecule has 0 spiro atoms. The van der Waals surface area contributed by atoms with Crippen LogP contribution >= 0.6 is 11.3 Å². The summed E-state index contributed by atoms with van der Waals surface area (Å²) in [4.78, 5) is 25.5. The summed E-state index contributed by atoms with van der Waals surface area (Å²) in [6, 6.07) is 4.80. The Bertz CT molecular complexity index is 758. The standard InChI is InChI=1S/C16H18FN3O2S/c1-8-6-12(10(3)23-8)9(2)19-16(22)20-14-7-11(15(18)21)4-5-13(14)17/h4-7,9H,1-3H3,(H2,18,21)(H2,19,20,22)/t9-/m1/s1. The number of primary amides is 1. The zero-order valence-electron chi connectivity index (χ0n) is 13.1. The molecule has 0 aliphatic heterocycles. The van der Waals surface area contributed by atoms with E-state index >= 15 is 0 Å². The summed E-state index contributed by atoms with van der Waals surface area (Å²) in [5.74, 6) is -1.33. The van der Waals surface area contributed by atoms with E-state index in [0.717, 1.165) is 21.4 Å². The van der Waals surface area contributed by atoms with Crippen molar-refractivity contribution in [1.29, 1.82) is 0 Å². The molecule has 2 aromatic rings. The molecular formula is C16H18FN3O2S. The molecule has 1 aromatic heterocycles. The predicted octanol–water partition coefficient (Wildman–Crippen LogP) is 3.49. The van der Waals surface area contributed by atoms with Gasteiger partial charge >= 0.3 is 6.03 Å². The lowest BCUT2D eigenvalue weighted by atomic mass is 10.1. The van der Waals surface area contributed by atoms with Crippen molar-refractivity contribution in [2.24, 2.45) is 5.73 Å². The molecule has 0 saturated heterocycles. The van der Waals surface area contributed by atoms with Crippen LogP contribution in [0.1, 0.15) is 38.6 Å². The van der Waals surface area contributed by atoms with E-state index in [-0.39, 0.29) is 17.3 Å². The topological polar surface area (TPSA) is 84.2 Å². The summed E-state index contributed by atoms with van der Waals surface area (Å²) >= 11 is 1.65. The molecule has 1 atom stereocenters. The Kier molecular flexibility index (Phi) is 5.00. The highest BCUT2D eigenvalue weighted by molar-refractivity contribution is 7.12. The minimum Gasteiger partial charge on any atom is -0.366 e. The fraction of sp³-hybridized carbons (Fsp3) is 0.250. The molecule has 23 heavy (non-hydrogen) atoms. The lowest BCUT2D eigenvalue weighted by Crippen LogP contribution is -2.31. The van der Waals surface area contributed by atoms with E-state index in [2.05, 4.69) is 10.6 Å². The summed E-state index contributed by atoms with van der Waals surface area (Å²) in [5.41, 5.74) is 6.20. The molecule has 0 bridgehead atoms. The van der Waals surface area contributed by atoms with Gasteiger partial charge in [-0.25, -0.2) is 9.18 Å². The number of nitrogens with two attached hydrogens (primary N) is 1. The zero-order valence-corrected chi connectivity index (χ0v) is 13.9. The predicted molar refractivity (Wildman–Crippen MR) is 89.3 cm³/mol. The summed E-state index contributed by atoms with van der Waals surface area (Å²) in [7, 11) is 0. The van der Waals surface area contributed by atoms with Crippen molar-refractivity contribution in [3.8, 4) is 0 Å². The fourth-order valence-electron chi connectivity index (χ4n) is 2.29. The Morgan fingerprint density at radius 3 is 2.52 bits per heavy atom. The van der Waals surface area contributed by atoms with Gasteiger partial charge in [-0.15, -0.1) is 11.3 Å². The number of thiophene rings is 1. The van der Waals surface area contributed by atoms with Gasteiger partial charge in [-0.3, -0.25) is 4.79 Å². The van der Waals surface area contributed by atoms with Gasteiger partial charge in [0.15, 0.2) is 0 Å². The van der Waals surface area contributed by atoms with E-state index in [0.29, 0.717) is 0 Å². The monoisotopic (exact) mass is 335 g/mol. The summed E-state index contributed by atoms with van der Waals surface area (Å²) < 4.78 is 13.7. The van der Waals surface area contributed by atoms with Crippen molar-refractivity contribution in [3.05, 3.63) is 51.0 Å². The van der Waals surface area contributed by atoms with Gasteiger partial charge in [0.1, 0.15) is 5.82 Å². The van der Waals surface area contributed by atoms with Gasteiger partial charge in [-0.2, -0.15) is 0 Å². The van der Waals surface area contributed by atoms with Gasteiger partial charge in [0.05, 0.1) is 11.7 Å². The molecule has 0 aliphatic carbocycles. The molecule has 3 amide bonds. The molecule has 0 fully saturated rings. The second-order valence-corrected chi connectivity index (χ2v) is 6.71. The summed E-state index contributed by atoms with van der Waals surface area (Å²) in [6.45, 7) is 5.84. The van der Waals surface area contributed by atoms with Crippen LogP contribution in [0.2, 0.25) is 0 Å². The molecule has 2 rings (SSSR count). The second-order valence-electron chi connectivity index (χ2n) is 5.25. The van der Waals surface area contributed by atoms with Crippen LogP contribution in [-0.4, -0.2) is 11.9 Å². The number of amides is 3. The molecule has 1 aromatic carbocycles. The van der Waals surface area contributed by atoms with Crippen LogP contribution in [0.15, 0.2) is 24.3 Å². The van der Waals surface area contributed by atoms with E-state index in [1.54, 1.807) is 11.3 Å². The molecule has 1 heterocycles. The van der Waals surface area contributed by atoms with Gasteiger partial charge in [0.2, 0.25) is 5.91 Å². The smallest absolute Gasteiger partial charge is 0.319 e. The number of urea groups is 1. The van der Waals surface area contributed by atoms with Crippen molar-refractivity contribution in [3.63, 3.8) is 0 Å². The molecule has 4 N–H and O–H groups in total. The quantitative estimate of drug-likeness (QED) is 0.799. The van der Waals surface area contributed by atoms with Crippen molar-refractivity contribution >= 4 is 29.0 Å². The third-order valence-electron chi connectivity index (χ3n) is 3.39. The summed E-state index contributed by atoms with van der Waals surface area (Å²) in [6.07, 6.45) is 0. The molecule has 0 radical (unpaired) electrons. The minimum absolute atomic E-state index is 0.0933. The first-order chi connectivity index (χ1) is 10.8. The van der Waals surface area contributed by atoms with E-state index in [4.69, 9.17) is 5.73 Å². The van der Waals surface area contributed by atoms with Crippen LogP contribution in [0.25, 0.3) is 0 Å². The van der Waals surface area contributed by atoms with Crippen LogP contribution in [0.4, 0.5) is 14.9 Å². The largest absolute Gasteiger partial charge is 0.366 e. The number of rotatable bonds is 4. The van der Waals surface area contributed by atoms with Gasteiger partial charge < -0.3 is 16.4 Å². The molecule has 5 nitrogen and oxygen atoms in total. The third-order valence-corrected chi connectivity index (χ3v) is 4.37. The molecule has 0 saturated carbocycles. The first kappa shape index (κ1) is 17.0. The first-order valence-electron chi connectivity index (χ1n) is 7.01. The number of hydrogen-bond donors (Lipinski definition) is 3. The fourth-order valence-corrected chi connectivity index (χ4v) is 3.31. The average molecular weight is 335 g/mol. The highest BCUT2D eigenvalue weighted by Gasteiger charge is 2.15. The van der Waals surface area contributed by atoms with E-state index < -0.39 is 17.8 Å². The van der Waals surface area contributed by atoms with Gasteiger partial charge in [0, 0.05) is 15.3 Å². The Labute approximate surface area is 137 Å². The molecule has 7 heteroatoms. The zero-order chi connectivity index (χ0) is 17.1. The number of aryl methyl sites for hydroxylation is 2. The molecule has 0 aliphatic rings. The van der Waals surface area contributed by atoms with Crippen LogP contribution in [0, 0.1) is 19.7 Å². The van der Waals surface area contributed by atoms with Gasteiger partial charge in [0.25, 0.3) is 0 Å². The SMILES string of the molecule is Cc1cc([C@@H](C)NC(=O)Nc2cc(C(N)=O)ccc2F)c(C)s1. The average Bonchev–Trinajstić information content (AvgIpc) is 2.79. The number of halogens is 1. The highest BCUT2D eigenvalue weighted by atomic mass is 32.1. The highest BCUT2D eigenvalue weighted by Crippen LogP contribution is 2.26. The molecular weight excluding hydrogens is 317 g/mol. The first-order valence-corrected chi connectivity index (χ1v) is 7.83. The van der Waals surface area contributed by atoms with Gasteiger partial charge in [-0.1, -0.05) is 0 Å². The number of carbonyl (C=O) groups is 2. The van der Waals surface area contributed by atoms with Crippen molar-refractivity contribution < 1.29 is 14.0 Å². The van der Waals surface area contributed by atoms with E-state index in [1.807, 2.05) is 26.8 Å². The lowest BCUT2D eigenvalue weighted by molar-refractivity contribution is 0.1000. The van der Waals surface area contributed by atoms with Crippen molar-refractivity contribution in [1.82, 2.24) is 5.32 Å². The van der Waals surface area contributed by atoms with Crippen molar-refractivity contribution in [2.45, 2.75) is 26.8 Å². The van der Waals surface area contributed by atoms with E-state index in [9.17, 15) is 14.0 Å². The Balaban J connectivity index is 2.09. The van der Waals surface area contributed by atoms with Crippen molar-refractivity contribution in [2.75, 3.05) is 5.32 Å². The lowest BCUT2D eigenvalue weighted by Gasteiger charge is -2.15. The van der Waals surface area contributed by atoms with Gasteiger partial charge in [-0.05, 0) is 50.6 Å². The molecule has 122 valence electrons. The number of benzene rings is 1. The minimum atomic E-state index is -0.689. The summed E-state index contributed by atoms with van der Waals surface area (Å²) in [5, 5.41) is 5.15. The maximum Gasteiger partial charge on any atom is 0.319 e. The van der Waals surface area contributed by atoms with E-state index in [1.165, 1.54) is 12.1 Å². The number of hydrogen-bond acceptors (Lipinski definition) is 3. The van der Waals surface area contributed by atoms with Crippen LogP contribution in [0.5, 0.6) is 0 Å². The Morgan fingerprint density at radius 1 is 1.26 bits per heavy atom. The van der Waals surface area contributed by atoms with Crippen LogP contribution < -0.4 is 16.4 Å². The number of anilines is 1. The van der Waals surface area contributed by atoms with Crippen LogP contribution in [-0.2, 0) is 0 Å². The van der Waals surface area contributed by atoms with Crippen LogP contribution in [0.3, 0.4) is 0 Å². The maximum absolute atomic E-state index is 13.7. The number of nitrogens with one attached hydrogen (secondary N) is 2.